The molecule has 0 aromatic rings. The smallest absolute Gasteiger partial charge is 0.171 e. The molecule has 0 aromatic carbocycles. The lowest BCUT2D eigenvalue weighted by atomic mass is 10.1. The highest BCUT2D eigenvalue weighted by atomic mass is 16.1. The molecule has 1 heterocycles. The predicted molar refractivity (Wildman–Crippen MR) is 58.3 cm³/mol. The van der Waals surface area contributed by atoms with Gasteiger partial charge in [-0.2, -0.15) is 0 Å². The molecule has 0 amide bonds. The van der Waals surface area contributed by atoms with Crippen LogP contribution in [0.3, 0.4) is 0 Å². The van der Waals surface area contributed by atoms with E-state index in [9.17, 15) is 4.79 Å². The van der Waals surface area contributed by atoms with Crippen molar-refractivity contribution in [2.75, 3.05) is 19.6 Å². The van der Waals surface area contributed by atoms with Crippen molar-refractivity contribution in [3.8, 4) is 0 Å². The van der Waals surface area contributed by atoms with E-state index >= 15 is 0 Å². The number of nitrogens with one attached hydrogen (secondary N) is 2. The van der Waals surface area contributed by atoms with Gasteiger partial charge in [0.1, 0.15) is 0 Å². The van der Waals surface area contributed by atoms with Crippen LogP contribution in [0, 0.1) is 0 Å². The van der Waals surface area contributed by atoms with E-state index in [0.717, 1.165) is 37.9 Å². The number of carbonyl (C=O) groups is 1. The van der Waals surface area contributed by atoms with Crippen molar-refractivity contribution in [1.29, 1.82) is 0 Å². The SMILES string of the molecule is C=C(CC)C(=O)CNC1CCNCC1. The fourth-order valence-electron chi connectivity index (χ4n) is 1.59. The molecule has 0 unspecified atom stereocenters. The summed E-state index contributed by atoms with van der Waals surface area (Å²) in [4.78, 5) is 11.4. The van der Waals surface area contributed by atoms with E-state index in [0.29, 0.717) is 12.6 Å². The monoisotopic (exact) mass is 196 g/mol. The molecule has 0 spiro atoms. The topological polar surface area (TPSA) is 41.1 Å². The van der Waals surface area contributed by atoms with Crippen molar-refractivity contribution >= 4 is 5.78 Å². The predicted octanol–water partition coefficient (Wildman–Crippen LogP) is 0.863. The third-order valence-corrected chi connectivity index (χ3v) is 2.71. The molecule has 1 aliphatic heterocycles. The molecule has 1 saturated heterocycles. The number of carbonyl (C=O) groups excluding carboxylic acids is 1. The van der Waals surface area contributed by atoms with Crippen molar-refractivity contribution in [3.63, 3.8) is 0 Å². The fourth-order valence-corrected chi connectivity index (χ4v) is 1.59. The number of ketones is 1. The molecule has 3 nitrogen and oxygen atoms in total. The molecule has 0 aromatic heterocycles. The molecule has 1 fully saturated rings. The average Bonchev–Trinajstić information content (AvgIpc) is 2.26. The van der Waals surface area contributed by atoms with Crippen LogP contribution < -0.4 is 10.6 Å². The Bertz CT molecular complexity index is 207. The van der Waals surface area contributed by atoms with Crippen LogP contribution in [0.4, 0.5) is 0 Å². The van der Waals surface area contributed by atoms with Gasteiger partial charge in [-0.15, -0.1) is 0 Å². The zero-order valence-corrected chi connectivity index (χ0v) is 8.94. The zero-order valence-electron chi connectivity index (χ0n) is 8.94. The van der Waals surface area contributed by atoms with E-state index in [4.69, 9.17) is 0 Å². The molecule has 3 heteroatoms. The van der Waals surface area contributed by atoms with Gasteiger partial charge in [-0.25, -0.2) is 0 Å². The second-order valence-electron chi connectivity index (χ2n) is 3.79. The Balaban J connectivity index is 2.18. The lowest BCUT2D eigenvalue weighted by Gasteiger charge is -2.23. The largest absolute Gasteiger partial charge is 0.317 e. The summed E-state index contributed by atoms with van der Waals surface area (Å²) in [6.07, 6.45) is 2.99. The molecule has 0 atom stereocenters. The summed E-state index contributed by atoms with van der Waals surface area (Å²) >= 11 is 0. The van der Waals surface area contributed by atoms with Gasteiger partial charge in [0.25, 0.3) is 0 Å². The number of piperidine rings is 1. The first kappa shape index (κ1) is 11.4. The van der Waals surface area contributed by atoms with Gasteiger partial charge in [-0.05, 0) is 37.9 Å². The normalized spacial score (nSPS) is 18.1. The van der Waals surface area contributed by atoms with Gasteiger partial charge in [-0.3, -0.25) is 4.79 Å². The maximum atomic E-state index is 11.4. The van der Waals surface area contributed by atoms with Gasteiger partial charge in [0.2, 0.25) is 0 Å². The van der Waals surface area contributed by atoms with Crippen LogP contribution in [0.1, 0.15) is 26.2 Å². The summed E-state index contributed by atoms with van der Waals surface area (Å²) < 4.78 is 0. The Morgan fingerprint density at radius 3 is 2.71 bits per heavy atom. The minimum Gasteiger partial charge on any atom is -0.317 e. The molecule has 0 radical (unpaired) electrons. The van der Waals surface area contributed by atoms with Gasteiger partial charge >= 0.3 is 0 Å². The summed E-state index contributed by atoms with van der Waals surface area (Å²) in [6.45, 7) is 8.27. The first-order chi connectivity index (χ1) is 6.74. The van der Waals surface area contributed by atoms with Crippen molar-refractivity contribution in [3.05, 3.63) is 12.2 Å². The quantitative estimate of drug-likeness (QED) is 0.641. The lowest BCUT2D eigenvalue weighted by Crippen LogP contribution is -2.42. The Hall–Kier alpha value is -0.670. The highest BCUT2D eigenvalue weighted by molar-refractivity contribution is 5.96. The van der Waals surface area contributed by atoms with Crippen molar-refractivity contribution in [2.45, 2.75) is 32.2 Å². The number of rotatable bonds is 5. The van der Waals surface area contributed by atoms with Crippen molar-refractivity contribution in [2.24, 2.45) is 0 Å². The van der Waals surface area contributed by atoms with Gasteiger partial charge in [0.15, 0.2) is 5.78 Å². The van der Waals surface area contributed by atoms with E-state index in [-0.39, 0.29) is 5.78 Å². The highest BCUT2D eigenvalue weighted by Gasteiger charge is 2.13. The zero-order chi connectivity index (χ0) is 10.4. The lowest BCUT2D eigenvalue weighted by molar-refractivity contribution is -0.115. The summed E-state index contributed by atoms with van der Waals surface area (Å²) in [7, 11) is 0. The van der Waals surface area contributed by atoms with E-state index in [1.54, 1.807) is 0 Å². The molecule has 1 rings (SSSR count). The van der Waals surface area contributed by atoms with Crippen molar-refractivity contribution < 1.29 is 4.79 Å². The van der Waals surface area contributed by atoms with E-state index in [1.807, 2.05) is 6.92 Å². The van der Waals surface area contributed by atoms with Crippen molar-refractivity contribution in [1.82, 2.24) is 10.6 Å². The fraction of sp³-hybridized carbons (Fsp3) is 0.727. The summed E-state index contributed by atoms with van der Waals surface area (Å²) in [5.74, 6) is 0.158. The van der Waals surface area contributed by atoms with Crippen LogP contribution in [0.15, 0.2) is 12.2 Å². The van der Waals surface area contributed by atoms with E-state index < -0.39 is 0 Å². The molecular formula is C11H20N2O. The van der Waals surface area contributed by atoms with Crippen LogP contribution in [-0.2, 0) is 4.79 Å². The Labute approximate surface area is 86.0 Å². The first-order valence-corrected chi connectivity index (χ1v) is 5.39. The Morgan fingerprint density at radius 2 is 2.14 bits per heavy atom. The first-order valence-electron chi connectivity index (χ1n) is 5.39. The van der Waals surface area contributed by atoms with Gasteiger partial charge in [0.05, 0.1) is 6.54 Å². The van der Waals surface area contributed by atoms with Gasteiger partial charge < -0.3 is 10.6 Å². The van der Waals surface area contributed by atoms with Crippen LogP contribution in [0.25, 0.3) is 0 Å². The Morgan fingerprint density at radius 1 is 1.50 bits per heavy atom. The molecule has 80 valence electrons. The Kier molecular flexibility index (Phi) is 4.84. The average molecular weight is 196 g/mol. The molecule has 2 N–H and O–H groups in total. The second-order valence-corrected chi connectivity index (χ2v) is 3.79. The molecule has 14 heavy (non-hydrogen) atoms. The van der Waals surface area contributed by atoms with Crippen LogP contribution >= 0.6 is 0 Å². The third-order valence-electron chi connectivity index (χ3n) is 2.71. The van der Waals surface area contributed by atoms with E-state index in [2.05, 4.69) is 17.2 Å². The van der Waals surface area contributed by atoms with Crippen LogP contribution in [-0.4, -0.2) is 31.5 Å². The van der Waals surface area contributed by atoms with Crippen LogP contribution in [0.2, 0.25) is 0 Å². The summed E-state index contributed by atoms with van der Waals surface area (Å²) in [5.41, 5.74) is 0.728. The molecule has 0 saturated carbocycles. The number of hydrogen-bond acceptors (Lipinski definition) is 3. The molecular weight excluding hydrogens is 176 g/mol. The highest BCUT2D eigenvalue weighted by Crippen LogP contribution is 2.03. The molecule has 0 aliphatic carbocycles. The van der Waals surface area contributed by atoms with Crippen LogP contribution in [0.5, 0.6) is 0 Å². The maximum Gasteiger partial charge on any atom is 0.171 e. The standard InChI is InChI=1S/C11H20N2O/c1-3-9(2)11(14)8-13-10-4-6-12-7-5-10/h10,12-13H,2-8H2,1H3. The summed E-state index contributed by atoms with van der Waals surface area (Å²) in [5, 5.41) is 6.58. The molecule has 0 bridgehead atoms. The van der Waals surface area contributed by atoms with E-state index in [1.165, 1.54) is 0 Å². The summed E-state index contributed by atoms with van der Waals surface area (Å²) in [6, 6.07) is 0.504. The maximum absolute atomic E-state index is 11.4. The minimum absolute atomic E-state index is 0.158. The number of Topliss-reactive ketones (excluding diaryl/α,β-unsaturated/α-hetero) is 1. The van der Waals surface area contributed by atoms with Gasteiger partial charge in [0, 0.05) is 6.04 Å². The second kappa shape index (κ2) is 5.94. The number of hydrogen-bond donors (Lipinski definition) is 2. The minimum atomic E-state index is 0.158. The third kappa shape index (κ3) is 3.60. The van der Waals surface area contributed by atoms with Gasteiger partial charge in [-0.1, -0.05) is 13.5 Å². The molecule has 1 aliphatic rings.